The van der Waals surface area contributed by atoms with E-state index in [0.29, 0.717) is 11.3 Å². The van der Waals surface area contributed by atoms with Crippen molar-refractivity contribution in [1.29, 1.82) is 0 Å². The number of aryl methyl sites for hydroxylation is 1. The fraction of sp³-hybridized carbons (Fsp3) is 0.0800. The Morgan fingerprint density at radius 1 is 0.778 bits per heavy atom. The van der Waals surface area contributed by atoms with Crippen LogP contribution in [-0.2, 0) is 9.53 Å². The van der Waals surface area contributed by atoms with Gasteiger partial charge in [0.05, 0.1) is 0 Å². The zero-order valence-electron chi connectivity index (χ0n) is 15.1. The van der Waals surface area contributed by atoms with Crippen LogP contribution < -0.4 is 0 Å². The molecule has 1 aliphatic rings. The van der Waals surface area contributed by atoms with E-state index in [1.165, 1.54) is 5.56 Å². The molecule has 27 heavy (non-hydrogen) atoms. The molecule has 1 heterocycles. The molecule has 0 bridgehead atoms. The zero-order valence-corrected chi connectivity index (χ0v) is 15.1. The van der Waals surface area contributed by atoms with Gasteiger partial charge in [0.15, 0.2) is 6.29 Å². The fourth-order valence-electron chi connectivity index (χ4n) is 3.33. The van der Waals surface area contributed by atoms with Crippen LogP contribution in [0, 0.1) is 6.92 Å². The van der Waals surface area contributed by atoms with Gasteiger partial charge in [0.25, 0.3) is 0 Å². The molecule has 0 radical (unpaired) electrons. The van der Waals surface area contributed by atoms with E-state index >= 15 is 0 Å². The van der Waals surface area contributed by atoms with E-state index in [9.17, 15) is 4.79 Å². The number of carbonyl (C=O) groups excluding carboxylic acids is 1. The predicted molar refractivity (Wildman–Crippen MR) is 109 cm³/mol. The van der Waals surface area contributed by atoms with Gasteiger partial charge in [-0.05, 0) is 18.6 Å². The summed E-state index contributed by atoms with van der Waals surface area (Å²) in [5.41, 5.74) is 4.81. The van der Waals surface area contributed by atoms with Gasteiger partial charge in [-0.15, -0.1) is 0 Å². The van der Waals surface area contributed by atoms with Crippen LogP contribution in [0.25, 0.3) is 11.5 Å². The second-order valence-electron chi connectivity index (χ2n) is 6.66. The first-order valence-electron chi connectivity index (χ1n) is 9.02. The van der Waals surface area contributed by atoms with Gasteiger partial charge in [-0.25, -0.2) is 0 Å². The van der Waals surface area contributed by atoms with Crippen molar-refractivity contribution in [3.05, 3.63) is 119 Å². The Balaban J connectivity index is 1.88. The number of aldehydes is 1. The normalized spacial score (nSPS) is 16.5. The second-order valence-corrected chi connectivity index (χ2v) is 6.66. The summed E-state index contributed by atoms with van der Waals surface area (Å²) in [4.78, 5) is 12.1. The van der Waals surface area contributed by atoms with Crippen molar-refractivity contribution >= 4 is 17.8 Å². The minimum Gasteiger partial charge on any atom is -0.456 e. The molecule has 0 aliphatic carbocycles. The lowest BCUT2D eigenvalue weighted by Gasteiger charge is -2.26. The quantitative estimate of drug-likeness (QED) is 0.558. The Kier molecular flexibility index (Phi) is 4.71. The van der Waals surface area contributed by atoms with Crippen LogP contribution in [0.5, 0.6) is 0 Å². The van der Waals surface area contributed by atoms with Crippen molar-refractivity contribution in [2.45, 2.75) is 12.8 Å². The van der Waals surface area contributed by atoms with Crippen molar-refractivity contribution in [3.63, 3.8) is 0 Å². The summed E-state index contributed by atoms with van der Waals surface area (Å²) in [6, 6.07) is 28.1. The van der Waals surface area contributed by atoms with Gasteiger partial charge in [0.1, 0.15) is 11.5 Å². The average molecular weight is 352 g/mol. The van der Waals surface area contributed by atoms with Crippen molar-refractivity contribution in [1.82, 2.24) is 0 Å². The predicted octanol–water partition coefficient (Wildman–Crippen LogP) is 5.76. The van der Waals surface area contributed by atoms with Crippen molar-refractivity contribution in [2.24, 2.45) is 0 Å². The molecule has 1 aliphatic heterocycles. The van der Waals surface area contributed by atoms with Gasteiger partial charge in [-0.3, -0.25) is 4.79 Å². The highest BCUT2D eigenvalue weighted by Gasteiger charge is 2.27. The van der Waals surface area contributed by atoms with Gasteiger partial charge in [0, 0.05) is 22.6 Å². The van der Waals surface area contributed by atoms with Crippen LogP contribution in [0.15, 0.2) is 96.6 Å². The summed E-state index contributed by atoms with van der Waals surface area (Å²) < 4.78 is 6.25. The average Bonchev–Trinajstić information content (AvgIpc) is 2.74. The molecule has 3 aromatic carbocycles. The molecule has 0 unspecified atom stereocenters. The highest BCUT2D eigenvalue weighted by Crippen LogP contribution is 2.40. The first-order chi connectivity index (χ1) is 13.3. The van der Waals surface area contributed by atoms with Crippen molar-refractivity contribution in [3.8, 4) is 0 Å². The van der Waals surface area contributed by atoms with Crippen molar-refractivity contribution in [2.75, 3.05) is 0 Å². The van der Waals surface area contributed by atoms with Crippen LogP contribution in [-0.4, -0.2) is 6.29 Å². The lowest BCUT2D eigenvalue weighted by Crippen LogP contribution is -2.12. The van der Waals surface area contributed by atoms with Gasteiger partial charge in [-0.2, -0.15) is 0 Å². The summed E-state index contributed by atoms with van der Waals surface area (Å²) in [7, 11) is 0. The summed E-state index contributed by atoms with van der Waals surface area (Å²) in [6.45, 7) is 2.06. The van der Waals surface area contributed by atoms with E-state index in [0.717, 1.165) is 28.7 Å². The Morgan fingerprint density at radius 2 is 1.37 bits per heavy atom. The summed E-state index contributed by atoms with van der Waals surface area (Å²) in [6.07, 6.45) is 2.96. The topological polar surface area (TPSA) is 26.3 Å². The third-order valence-corrected chi connectivity index (χ3v) is 4.79. The molecule has 0 fully saturated rings. The Bertz CT molecular complexity index is 997. The fourth-order valence-corrected chi connectivity index (χ4v) is 3.33. The van der Waals surface area contributed by atoms with Gasteiger partial charge < -0.3 is 4.74 Å². The highest BCUT2D eigenvalue weighted by atomic mass is 16.5. The van der Waals surface area contributed by atoms with Crippen molar-refractivity contribution < 1.29 is 9.53 Å². The maximum atomic E-state index is 12.1. The Morgan fingerprint density at radius 3 is 1.96 bits per heavy atom. The largest absolute Gasteiger partial charge is 0.456 e. The van der Waals surface area contributed by atoms with E-state index in [4.69, 9.17) is 4.74 Å². The van der Waals surface area contributed by atoms with E-state index in [2.05, 4.69) is 31.2 Å². The molecule has 0 saturated carbocycles. The number of allylic oxidation sites excluding steroid dienone is 2. The Hall–Kier alpha value is -3.39. The number of ether oxygens (including phenoxy) is 1. The second kappa shape index (κ2) is 7.46. The lowest BCUT2D eigenvalue weighted by atomic mass is 9.86. The van der Waals surface area contributed by atoms with E-state index < -0.39 is 0 Å². The first-order valence-corrected chi connectivity index (χ1v) is 9.02. The molecule has 2 nitrogen and oxygen atoms in total. The monoisotopic (exact) mass is 352 g/mol. The summed E-state index contributed by atoms with van der Waals surface area (Å²) in [5, 5.41) is 0. The molecule has 1 atom stereocenters. The van der Waals surface area contributed by atoms with E-state index in [1.807, 2.05) is 66.7 Å². The van der Waals surface area contributed by atoms with Gasteiger partial charge >= 0.3 is 0 Å². The molecule has 0 spiro atoms. The van der Waals surface area contributed by atoms with Crippen LogP contribution in [0.2, 0.25) is 0 Å². The number of rotatable bonds is 4. The number of hydrogen-bond donors (Lipinski definition) is 0. The van der Waals surface area contributed by atoms with E-state index in [1.54, 1.807) is 0 Å². The molecule has 0 aromatic heterocycles. The highest BCUT2D eigenvalue weighted by molar-refractivity contribution is 5.92. The lowest BCUT2D eigenvalue weighted by molar-refractivity contribution is -0.105. The summed E-state index contributed by atoms with van der Waals surface area (Å²) >= 11 is 0. The third-order valence-electron chi connectivity index (χ3n) is 4.79. The van der Waals surface area contributed by atoms with Gasteiger partial charge in [0.2, 0.25) is 0 Å². The summed E-state index contributed by atoms with van der Waals surface area (Å²) in [5.74, 6) is 1.24. The standard InChI is InChI=1S/C25H20O2/c1-18-12-14-19(15-13-18)22-16-24(20-8-4-2-5-9-20)27-25(23(22)17-26)21-10-6-3-7-11-21/h2-17,22H,1H3/t22-/m0/s1. The molecule has 0 N–H and O–H groups in total. The maximum Gasteiger partial charge on any atom is 0.150 e. The molecule has 132 valence electrons. The SMILES string of the molecule is Cc1ccc([C@@H]2C=C(c3ccccc3)OC(c3ccccc3)=C2C=O)cc1. The molecule has 0 amide bonds. The molecular weight excluding hydrogens is 332 g/mol. The van der Waals surface area contributed by atoms with Crippen LogP contribution >= 0.6 is 0 Å². The molecule has 2 heteroatoms. The molecule has 3 aromatic rings. The molecular formula is C25H20O2. The smallest absolute Gasteiger partial charge is 0.150 e. The zero-order chi connectivity index (χ0) is 18.6. The molecule has 4 rings (SSSR count). The van der Waals surface area contributed by atoms with Gasteiger partial charge in [-0.1, -0.05) is 90.5 Å². The minimum atomic E-state index is -0.151. The number of benzene rings is 3. The minimum absolute atomic E-state index is 0.151. The van der Waals surface area contributed by atoms with E-state index in [-0.39, 0.29) is 5.92 Å². The maximum absolute atomic E-state index is 12.1. The van der Waals surface area contributed by atoms with Crippen LogP contribution in [0.1, 0.15) is 28.2 Å². The Labute approximate surface area is 159 Å². The number of hydrogen-bond acceptors (Lipinski definition) is 2. The van der Waals surface area contributed by atoms with Crippen LogP contribution in [0.4, 0.5) is 0 Å². The van der Waals surface area contributed by atoms with Crippen LogP contribution in [0.3, 0.4) is 0 Å². The molecule has 0 saturated heterocycles. The number of carbonyl (C=O) groups is 1. The first kappa shape index (κ1) is 17.0. The third kappa shape index (κ3) is 3.47.